The van der Waals surface area contributed by atoms with Crippen LogP contribution in [-0.4, -0.2) is 34.0 Å². The van der Waals surface area contributed by atoms with Crippen LogP contribution < -0.4 is 16.0 Å². The van der Waals surface area contributed by atoms with E-state index in [0.717, 1.165) is 12.6 Å². The summed E-state index contributed by atoms with van der Waals surface area (Å²) in [6.45, 7) is 1.50. The van der Waals surface area contributed by atoms with E-state index >= 15 is 0 Å². The van der Waals surface area contributed by atoms with Gasteiger partial charge in [0.05, 0.1) is 18.2 Å². The number of rotatable bonds is 5. The van der Waals surface area contributed by atoms with E-state index < -0.39 is 29.1 Å². The third kappa shape index (κ3) is 4.42. The molecule has 0 atom stereocenters. The number of aromatic nitrogens is 3. The Hall–Kier alpha value is -4.35. The molecule has 0 unspecified atom stereocenters. The average Bonchev–Trinajstić information content (AvgIpc) is 3.23. The Bertz CT molecular complexity index is 1570. The van der Waals surface area contributed by atoms with Gasteiger partial charge in [-0.3, -0.25) is 9.36 Å². The first-order valence-electron chi connectivity index (χ1n) is 10.1. The summed E-state index contributed by atoms with van der Waals surface area (Å²) in [5.74, 6) is -0.205. The summed E-state index contributed by atoms with van der Waals surface area (Å²) in [5, 5.41) is 4.49. The highest BCUT2D eigenvalue weighted by molar-refractivity contribution is 5.93. The van der Waals surface area contributed by atoms with Crippen LogP contribution in [0.2, 0.25) is 0 Å². The third-order valence-electron chi connectivity index (χ3n) is 5.37. The minimum atomic E-state index is -4.86. The van der Waals surface area contributed by atoms with Gasteiger partial charge in [0.1, 0.15) is 17.1 Å². The first-order valence-corrected chi connectivity index (χ1v) is 10.1. The van der Waals surface area contributed by atoms with Gasteiger partial charge in [-0.25, -0.2) is 14.2 Å². The summed E-state index contributed by atoms with van der Waals surface area (Å²) >= 11 is 0. The van der Waals surface area contributed by atoms with Crippen LogP contribution in [0.15, 0.2) is 56.6 Å². The van der Waals surface area contributed by atoms with Gasteiger partial charge in [-0.1, -0.05) is 11.2 Å². The van der Waals surface area contributed by atoms with E-state index in [4.69, 9.17) is 9.26 Å². The van der Waals surface area contributed by atoms with Crippen molar-refractivity contribution in [3.8, 4) is 22.7 Å². The van der Waals surface area contributed by atoms with Crippen molar-refractivity contribution in [3.63, 3.8) is 0 Å². The molecule has 0 amide bonds. The van der Waals surface area contributed by atoms with Gasteiger partial charge >= 0.3 is 17.8 Å². The van der Waals surface area contributed by atoms with Crippen LogP contribution in [0.3, 0.4) is 0 Å². The number of benzene rings is 2. The van der Waals surface area contributed by atoms with Crippen molar-refractivity contribution < 1.29 is 32.0 Å². The first kappa shape index (κ1) is 23.8. The molecule has 0 bridgehead atoms. The highest BCUT2D eigenvalue weighted by atomic mass is 19.4. The molecule has 12 heteroatoms. The molecule has 0 N–H and O–H groups in total. The highest BCUT2D eigenvalue weighted by Gasteiger charge is 2.35. The van der Waals surface area contributed by atoms with Crippen LogP contribution >= 0.6 is 0 Å². The Labute approximate surface area is 194 Å². The number of nitrogens with zero attached hydrogens (tertiary/aromatic N) is 3. The van der Waals surface area contributed by atoms with Crippen LogP contribution in [0.5, 0.6) is 5.75 Å². The highest BCUT2D eigenvalue weighted by Crippen LogP contribution is 2.33. The number of aryl methyl sites for hydroxylation is 1. The van der Waals surface area contributed by atoms with Gasteiger partial charge in [0, 0.05) is 18.7 Å². The molecule has 9 nitrogen and oxygen atoms in total. The zero-order chi connectivity index (χ0) is 25.5. The first-order chi connectivity index (χ1) is 16.5. The van der Waals surface area contributed by atoms with Gasteiger partial charge in [0.25, 0.3) is 5.56 Å². The molecular formula is C23H18F3N3O6. The van der Waals surface area contributed by atoms with Gasteiger partial charge in [-0.15, -0.1) is 0 Å². The Morgan fingerprint density at radius 1 is 1.11 bits per heavy atom. The van der Waals surface area contributed by atoms with Crippen molar-refractivity contribution in [2.24, 2.45) is 7.05 Å². The lowest BCUT2D eigenvalue weighted by molar-refractivity contribution is -0.144. The lowest BCUT2D eigenvalue weighted by atomic mass is 10.0. The lowest BCUT2D eigenvalue weighted by Gasteiger charge is -2.14. The normalized spacial score (nSPS) is 11.6. The molecule has 4 rings (SSSR count). The van der Waals surface area contributed by atoms with Crippen LogP contribution in [0, 0.1) is 6.92 Å². The van der Waals surface area contributed by atoms with E-state index in [9.17, 15) is 27.6 Å². The minimum absolute atomic E-state index is 0.0389. The lowest BCUT2D eigenvalue weighted by Crippen LogP contribution is -2.40. The second kappa shape index (κ2) is 8.78. The Balaban J connectivity index is 1.84. The van der Waals surface area contributed by atoms with Crippen LogP contribution in [0.1, 0.15) is 11.3 Å². The fourth-order valence-electron chi connectivity index (χ4n) is 3.54. The molecule has 0 saturated heterocycles. The monoisotopic (exact) mass is 489 g/mol. The van der Waals surface area contributed by atoms with Crippen molar-refractivity contribution in [2.45, 2.75) is 13.1 Å². The maximum atomic E-state index is 13.2. The number of ether oxygens (including phenoxy) is 2. The molecule has 182 valence electrons. The predicted molar refractivity (Wildman–Crippen MR) is 118 cm³/mol. The molecule has 0 saturated carbocycles. The number of esters is 1. The van der Waals surface area contributed by atoms with Crippen molar-refractivity contribution >= 4 is 16.9 Å². The summed E-state index contributed by atoms with van der Waals surface area (Å²) in [6.07, 6.45) is -4.86. The Kier molecular flexibility index (Phi) is 5.97. The van der Waals surface area contributed by atoms with E-state index in [-0.39, 0.29) is 12.3 Å². The zero-order valence-corrected chi connectivity index (χ0v) is 18.7. The summed E-state index contributed by atoms with van der Waals surface area (Å²) < 4.78 is 55.9. The van der Waals surface area contributed by atoms with E-state index in [1.54, 1.807) is 25.1 Å². The summed E-state index contributed by atoms with van der Waals surface area (Å²) in [7, 11) is 2.17. The number of halogens is 3. The quantitative estimate of drug-likeness (QED) is 0.397. The van der Waals surface area contributed by atoms with Crippen LogP contribution in [0.25, 0.3) is 27.9 Å². The molecule has 2 aromatic heterocycles. The molecule has 0 aliphatic heterocycles. The molecule has 2 aromatic carbocycles. The molecule has 0 aliphatic rings. The largest absolute Gasteiger partial charge is 0.482 e. The minimum Gasteiger partial charge on any atom is -0.482 e. The smallest absolute Gasteiger partial charge is 0.431 e. The number of carbonyl (C=O) groups is 1. The van der Waals surface area contributed by atoms with E-state index in [1.807, 2.05) is 0 Å². The van der Waals surface area contributed by atoms with Crippen LogP contribution in [-0.2, 0) is 22.8 Å². The second-order valence-corrected chi connectivity index (χ2v) is 7.60. The van der Waals surface area contributed by atoms with Crippen molar-refractivity contribution in [3.05, 3.63) is 74.6 Å². The number of hydrogen-bond donors (Lipinski definition) is 0. The summed E-state index contributed by atoms with van der Waals surface area (Å²) in [6, 6.07) is 9.65. The van der Waals surface area contributed by atoms with E-state index in [2.05, 4.69) is 9.89 Å². The maximum absolute atomic E-state index is 13.2. The number of methoxy groups -OCH3 is 1. The standard InChI is InChI=1S/C23H18F3N3O6/c1-12-4-6-14(34-11-20(31)33-3)9-15(12)21-16-8-13(5-7-17(16)35-27-21)29-19(30)10-18(23(24,25)26)28(2)22(29)32/h4-10H,11H2,1-3H3. The average molecular weight is 489 g/mol. The van der Waals surface area contributed by atoms with E-state index in [1.165, 1.54) is 25.3 Å². The molecule has 0 fully saturated rings. The summed E-state index contributed by atoms with van der Waals surface area (Å²) in [4.78, 5) is 36.5. The van der Waals surface area contributed by atoms with Gasteiger partial charge in [0.15, 0.2) is 12.2 Å². The number of fused-ring (bicyclic) bond motifs is 1. The predicted octanol–water partition coefficient (Wildman–Crippen LogP) is 3.22. The molecule has 2 heterocycles. The maximum Gasteiger partial charge on any atom is 0.431 e. The van der Waals surface area contributed by atoms with Crippen molar-refractivity contribution in [2.75, 3.05) is 13.7 Å². The van der Waals surface area contributed by atoms with Gasteiger partial charge in [0.2, 0.25) is 0 Å². The fraction of sp³-hybridized carbons (Fsp3) is 0.217. The van der Waals surface area contributed by atoms with Crippen molar-refractivity contribution in [1.29, 1.82) is 0 Å². The summed E-state index contributed by atoms with van der Waals surface area (Å²) in [5.41, 5.74) is -1.58. The molecule has 4 aromatic rings. The molecule has 35 heavy (non-hydrogen) atoms. The number of carbonyl (C=O) groups excluding carboxylic acids is 1. The van der Waals surface area contributed by atoms with Gasteiger partial charge < -0.3 is 14.0 Å². The second-order valence-electron chi connectivity index (χ2n) is 7.60. The topological polar surface area (TPSA) is 106 Å². The Morgan fingerprint density at radius 3 is 2.54 bits per heavy atom. The van der Waals surface area contributed by atoms with Crippen LogP contribution in [0.4, 0.5) is 13.2 Å². The molecule has 0 spiro atoms. The zero-order valence-electron chi connectivity index (χ0n) is 18.7. The number of hydrogen-bond acceptors (Lipinski definition) is 7. The SMILES string of the molecule is COC(=O)COc1ccc(C)c(-c2noc3ccc(-n4c(=O)cc(C(F)(F)F)n(C)c4=O)cc23)c1. The molecular weight excluding hydrogens is 471 g/mol. The Morgan fingerprint density at radius 2 is 1.86 bits per heavy atom. The van der Waals surface area contributed by atoms with E-state index in [0.29, 0.717) is 43.2 Å². The molecule has 0 radical (unpaired) electrons. The fourth-order valence-corrected chi connectivity index (χ4v) is 3.54. The van der Waals surface area contributed by atoms with Gasteiger partial charge in [-0.05, 0) is 42.8 Å². The molecule has 0 aliphatic carbocycles. The third-order valence-corrected chi connectivity index (χ3v) is 5.37. The van der Waals surface area contributed by atoms with Crippen molar-refractivity contribution in [1.82, 2.24) is 14.3 Å². The number of alkyl halides is 3. The van der Waals surface area contributed by atoms with Gasteiger partial charge in [-0.2, -0.15) is 13.2 Å².